The Hall–Kier alpha value is -1.91. The minimum atomic E-state index is -0.334. The highest BCUT2D eigenvalue weighted by Crippen LogP contribution is 2.26. The highest BCUT2D eigenvalue weighted by Gasteiger charge is 2.13. The van der Waals surface area contributed by atoms with Crippen LogP contribution in [0, 0.1) is 0 Å². The van der Waals surface area contributed by atoms with Crippen molar-refractivity contribution in [2.45, 2.75) is 13.0 Å². The van der Waals surface area contributed by atoms with Gasteiger partial charge in [0, 0.05) is 21.4 Å². The number of hydrogen-bond acceptors (Lipinski definition) is 2. The van der Waals surface area contributed by atoms with E-state index in [0.29, 0.717) is 21.4 Å². The van der Waals surface area contributed by atoms with Crippen LogP contribution in [0.3, 0.4) is 0 Å². The Kier molecular flexibility index (Phi) is 4.94. The van der Waals surface area contributed by atoms with Crippen LogP contribution >= 0.6 is 23.2 Å². The van der Waals surface area contributed by atoms with Gasteiger partial charge in [-0.25, -0.2) is 4.79 Å². The molecule has 0 fully saturated rings. The predicted octanol–water partition coefficient (Wildman–Crippen LogP) is 4.46. The Labute approximate surface area is 133 Å². The number of hydrogen-bond donors (Lipinski definition) is 3. The predicted molar refractivity (Wildman–Crippen MR) is 87.9 cm³/mol. The van der Waals surface area contributed by atoms with E-state index in [-0.39, 0.29) is 12.1 Å². The van der Waals surface area contributed by atoms with E-state index >= 15 is 0 Å². The largest absolute Gasteiger partial charge is 0.399 e. The van der Waals surface area contributed by atoms with Gasteiger partial charge in [-0.1, -0.05) is 35.3 Å². The molecule has 1 unspecified atom stereocenters. The summed E-state index contributed by atoms with van der Waals surface area (Å²) in [7, 11) is 0. The Balaban J connectivity index is 2.02. The third-order valence-corrected chi connectivity index (χ3v) is 3.48. The van der Waals surface area contributed by atoms with Crippen LogP contribution in [0.4, 0.5) is 16.2 Å². The Morgan fingerprint density at radius 1 is 1.19 bits per heavy atom. The van der Waals surface area contributed by atoms with Crippen LogP contribution in [-0.4, -0.2) is 6.03 Å². The molecule has 0 aliphatic rings. The first-order valence-electron chi connectivity index (χ1n) is 6.33. The van der Waals surface area contributed by atoms with Crippen molar-refractivity contribution in [2.75, 3.05) is 11.1 Å². The van der Waals surface area contributed by atoms with Crippen LogP contribution in [0.25, 0.3) is 0 Å². The van der Waals surface area contributed by atoms with Gasteiger partial charge in [0.15, 0.2) is 0 Å². The summed E-state index contributed by atoms with van der Waals surface area (Å²) in [6.45, 7) is 1.84. The molecule has 21 heavy (non-hydrogen) atoms. The van der Waals surface area contributed by atoms with Gasteiger partial charge in [-0.3, -0.25) is 0 Å². The summed E-state index contributed by atoms with van der Waals surface area (Å²) >= 11 is 12.0. The molecule has 6 heteroatoms. The smallest absolute Gasteiger partial charge is 0.319 e. The lowest BCUT2D eigenvalue weighted by atomic mass is 10.1. The molecule has 0 bridgehead atoms. The maximum absolute atomic E-state index is 12.0. The summed E-state index contributed by atoms with van der Waals surface area (Å²) in [5, 5.41) is 6.59. The topological polar surface area (TPSA) is 67.2 Å². The van der Waals surface area contributed by atoms with Crippen molar-refractivity contribution in [2.24, 2.45) is 0 Å². The molecule has 0 saturated heterocycles. The van der Waals surface area contributed by atoms with Gasteiger partial charge in [0.2, 0.25) is 0 Å². The van der Waals surface area contributed by atoms with Gasteiger partial charge < -0.3 is 16.4 Å². The maximum Gasteiger partial charge on any atom is 0.319 e. The molecule has 0 aliphatic carbocycles. The summed E-state index contributed by atoms with van der Waals surface area (Å²) in [6.07, 6.45) is 0. The van der Waals surface area contributed by atoms with Crippen molar-refractivity contribution in [1.29, 1.82) is 0 Å². The molecule has 4 nitrogen and oxygen atoms in total. The monoisotopic (exact) mass is 323 g/mol. The zero-order chi connectivity index (χ0) is 15.4. The number of carbonyl (C=O) groups excluding carboxylic acids is 1. The van der Waals surface area contributed by atoms with E-state index in [9.17, 15) is 4.79 Å². The van der Waals surface area contributed by atoms with Crippen LogP contribution in [0.15, 0.2) is 42.5 Å². The van der Waals surface area contributed by atoms with Crippen LogP contribution in [0.2, 0.25) is 10.0 Å². The Morgan fingerprint density at radius 2 is 1.95 bits per heavy atom. The molecule has 0 aliphatic heterocycles. The minimum Gasteiger partial charge on any atom is -0.399 e. The first kappa shape index (κ1) is 15.5. The lowest BCUT2D eigenvalue weighted by molar-refractivity contribution is 0.249. The second-order valence-electron chi connectivity index (χ2n) is 4.61. The SMILES string of the molecule is CC(NC(=O)Nc1cccc(N)c1)c1ccc(Cl)cc1Cl. The van der Waals surface area contributed by atoms with Crippen molar-refractivity contribution < 1.29 is 4.79 Å². The van der Waals surface area contributed by atoms with Gasteiger partial charge in [-0.15, -0.1) is 0 Å². The lowest BCUT2D eigenvalue weighted by Gasteiger charge is -2.16. The van der Waals surface area contributed by atoms with Crippen molar-refractivity contribution >= 4 is 40.6 Å². The summed E-state index contributed by atoms with van der Waals surface area (Å²) in [5.74, 6) is 0. The molecule has 2 aromatic rings. The molecular weight excluding hydrogens is 309 g/mol. The average Bonchev–Trinajstić information content (AvgIpc) is 2.38. The van der Waals surface area contributed by atoms with Crippen molar-refractivity contribution in [1.82, 2.24) is 5.32 Å². The first-order chi connectivity index (χ1) is 9.95. The van der Waals surface area contributed by atoms with Crippen LogP contribution in [0.1, 0.15) is 18.5 Å². The third-order valence-electron chi connectivity index (χ3n) is 2.92. The fourth-order valence-electron chi connectivity index (χ4n) is 1.91. The quantitative estimate of drug-likeness (QED) is 0.730. The van der Waals surface area contributed by atoms with Gasteiger partial charge in [0.25, 0.3) is 0 Å². The van der Waals surface area contributed by atoms with Crippen LogP contribution in [0.5, 0.6) is 0 Å². The molecular formula is C15H15Cl2N3O. The highest BCUT2D eigenvalue weighted by molar-refractivity contribution is 6.35. The lowest BCUT2D eigenvalue weighted by Crippen LogP contribution is -2.31. The molecule has 0 heterocycles. The second-order valence-corrected chi connectivity index (χ2v) is 5.46. The van der Waals surface area contributed by atoms with E-state index in [2.05, 4.69) is 10.6 Å². The fourth-order valence-corrected chi connectivity index (χ4v) is 2.48. The summed E-state index contributed by atoms with van der Waals surface area (Å²) in [5.41, 5.74) is 7.67. The van der Waals surface area contributed by atoms with E-state index in [1.54, 1.807) is 42.5 Å². The van der Waals surface area contributed by atoms with Gasteiger partial charge in [0.1, 0.15) is 0 Å². The first-order valence-corrected chi connectivity index (χ1v) is 7.09. The van der Waals surface area contributed by atoms with Gasteiger partial charge in [0.05, 0.1) is 6.04 Å². The summed E-state index contributed by atoms with van der Waals surface area (Å²) in [4.78, 5) is 12.0. The van der Waals surface area contributed by atoms with Gasteiger partial charge >= 0.3 is 6.03 Å². The van der Waals surface area contributed by atoms with Gasteiger partial charge in [-0.2, -0.15) is 0 Å². The zero-order valence-electron chi connectivity index (χ0n) is 11.4. The van der Waals surface area contributed by atoms with E-state index in [0.717, 1.165) is 5.56 Å². The molecule has 2 amide bonds. The number of rotatable bonds is 3. The average molecular weight is 324 g/mol. The van der Waals surface area contributed by atoms with Crippen molar-refractivity contribution in [3.63, 3.8) is 0 Å². The number of anilines is 2. The number of carbonyl (C=O) groups is 1. The third kappa shape index (κ3) is 4.28. The minimum absolute atomic E-state index is 0.254. The standard InChI is InChI=1S/C15H15Cl2N3O/c1-9(13-6-5-10(16)7-14(13)17)19-15(21)20-12-4-2-3-11(18)8-12/h2-9H,18H2,1H3,(H2,19,20,21). The fraction of sp³-hybridized carbons (Fsp3) is 0.133. The molecule has 2 aromatic carbocycles. The van der Waals surface area contributed by atoms with E-state index in [4.69, 9.17) is 28.9 Å². The summed E-state index contributed by atoms with van der Waals surface area (Å²) < 4.78 is 0. The van der Waals surface area contributed by atoms with E-state index in [1.807, 2.05) is 6.92 Å². The zero-order valence-corrected chi connectivity index (χ0v) is 12.9. The molecule has 0 spiro atoms. The molecule has 110 valence electrons. The molecule has 1 atom stereocenters. The molecule has 0 radical (unpaired) electrons. The highest BCUT2D eigenvalue weighted by atomic mass is 35.5. The molecule has 0 aromatic heterocycles. The number of nitrogens with two attached hydrogens (primary N) is 1. The number of amides is 2. The number of nitrogen functional groups attached to an aromatic ring is 1. The summed E-state index contributed by atoms with van der Waals surface area (Å²) in [6, 6.07) is 11.5. The number of nitrogens with one attached hydrogen (secondary N) is 2. The Morgan fingerprint density at radius 3 is 2.62 bits per heavy atom. The van der Waals surface area contributed by atoms with Crippen molar-refractivity contribution in [3.8, 4) is 0 Å². The second kappa shape index (κ2) is 6.70. The van der Waals surface area contributed by atoms with Crippen LogP contribution < -0.4 is 16.4 Å². The van der Waals surface area contributed by atoms with Gasteiger partial charge in [-0.05, 0) is 42.8 Å². The number of benzene rings is 2. The van der Waals surface area contributed by atoms with Crippen molar-refractivity contribution in [3.05, 3.63) is 58.1 Å². The number of halogens is 2. The van der Waals surface area contributed by atoms with E-state index in [1.165, 1.54) is 0 Å². The van der Waals surface area contributed by atoms with Crippen LogP contribution in [-0.2, 0) is 0 Å². The normalized spacial score (nSPS) is 11.8. The maximum atomic E-state index is 12.0. The molecule has 2 rings (SSSR count). The molecule has 4 N–H and O–H groups in total. The Bertz CT molecular complexity index is 661. The molecule has 0 saturated carbocycles. The number of urea groups is 1. The van der Waals surface area contributed by atoms with E-state index < -0.39 is 0 Å².